The van der Waals surface area contributed by atoms with E-state index in [9.17, 15) is 0 Å². The molecule has 1 aromatic carbocycles. The Morgan fingerprint density at radius 1 is 1.11 bits per heavy atom. The van der Waals surface area contributed by atoms with Gasteiger partial charge in [-0.3, -0.25) is 0 Å². The molecule has 3 heterocycles. The van der Waals surface area contributed by atoms with E-state index in [-0.39, 0.29) is 0 Å². The highest BCUT2D eigenvalue weighted by molar-refractivity contribution is 6.30. The van der Waals surface area contributed by atoms with Gasteiger partial charge in [-0.15, -0.1) is 0 Å². The lowest BCUT2D eigenvalue weighted by Gasteiger charge is -2.28. The number of halogens is 1. The van der Waals surface area contributed by atoms with E-state index in [1.165, 1.54) is 0 Å². The molecule has 7 nitrogen and oxygen atoms in total. The Kier molecular flexibility index (Phi) is 5.22. The Bertz CT molecular complexity index is 827. The van der Waals surface area contributed by atoms with Gasteiger partial charge in [-0.2, -0.15) is 4.98 Å². The molecule has 0 unspecified atom stereocenters. The largest absolute Gasteiger partial charge is 0.497 e. The van der Waals surface area contributed by atoms with E-state index >= 15 is 0 Å². The second-order valence-corrected chi connectivity index (χ2v) is 6.92. The molecule has 2 aliphatic rings. The first kappa shape index (κ1) is 18.1. The van der Waals surface area contributed by atoms with Crippen LogP contribution in [0.15, 0.2) is 18.2 Å². The number of anilines is 2. The molecule has 27 heavy (non-hydrogen) atoms. The van der Waals surface area contributed by atoms with E-state index in [0.717, 1.165) is 54.5 Å². The summed E-state index contributed by atoms with van der Waals surface area (Å²) >= 11 is 6.48. The second kappa shape index (κ2) is 7.78. The van der Waals surface area contributed by atoms with Crippen molar-refractivity contribution < 1.29 is 14.2 Å². The van der Waals surface area contributed by atoms with Crippen molar-refractivity contribution in [1.82, 2.24) is 9.97 Å². The molecule has 8 heteroatoms. The summed E-state index contributed by atoms with van der Waals surface area (Å²) in [6.07, 6.45) is 0.843. The Balaban J connectivity index is 1.62. The highest BCUT2D eigenvalue weighted by Crippen LogP contribution is 2.35. The number of aromatic nitrogens is 2. The summed E-state index contributed by atoms with van der Waals surface area (Å²) < 4.78 is 16.3. The van der Waals surface area contributed by atoms with E-state index in [1.54, 1.807) is 14.2 Å². The van der Waals surface area contributed by atoms with Gasteiger partial charge in [0.25, 0.3) is 0 Å². The summed E-state index contributed by atoms with van der Waals surface area (Å²) in [6.45, 7) is 4.47. The molecule has 0 aliphatic carbocycles. The molecule has 1 fully saturated rings. The molecule has 2 aromatic rings. The number of methoxy groups -OCH3 is 2. The van der Waals surface area contributed by atoms with E-state index in [4.69, 9.17) is 30.8 Å². The molecule has 1 aromatic heterocycles. The maximum Gasteiger partial charge on any atom is 0.228 e. The van der Waals surface area contributed by atoms with Crippen LogP contribution in [0, 0.1) is 0 Å². The number of rotatable bonds is 5. The van der Waals surface area contributed by atoms with Crippen LogP contribution in [0.2, 0.25) is 5.15 Å². The van der Waals surface area contributed by atoms with Crippen LogP contribution in [0.25, 0.3) is 0 Å². The number of fused-ring (bicyclic) bond motifs is 1. The number of nitrogens with zero attached hydrogens (tertiary/aromatic N) is 4. The maximum absolute atomic E-state index is 6.48. The molecule has 0 amide bonds. The van der Waals surface area contributed by atoms with Crippen molar-refractivity contribution in [2.45, 2.75) is 13.0 Å². The minimum Gasteiger partial charge on any atom is -0.497 e. The average Bonchev–Trinajstić information content (AvgIpc) is 3.12. The molecular weight excluding hydrogens is 368 g/mol. The van der Waals surface area contributed by atoms with Gasteiger partial charge in [0, 0.05) is 43.4 Å². The number of hydrogen-bond donors (Lipinski definition) is 0. The van der Waals surface area contributed by atoms with Crippen LogP contribution >= 0.6 is 11.6 Å². The Morgan fingerprint density at radius 2 is 1.93 bits per heavy atom. The van der Waals surface area contributed by atoms with Crippen molar-refractivity contribution in [1.29, 1.82) is 0 Å². The predicted octanol–water partition coefficient (Wildman–Crippen LogP) is 2.55. The quantitative estimate of drug-likeness (QED) is 0.727. The first-order valence-electron chi connectivity index (χ1n) is 9.04. The van der Waals surface area contributed by atoms with Crippen molar-refractivity contribution in [3.63, 3.8) is 0 Å². The number of morpholine rings is 1. The molecule has 2 aliphatic heterocycles. The zero-order chi connectivity index (χ0) is 18.8. The maximum atomic E-state index is 6.48. The van der Waals surface area contributed by atoms with Gasteiger partial charge < -0.3 is 24.0 Å². The van der Waals surface area contributed by atoms with Gasteiger partial charge in [-0.1, -0.05) is 11.6 Å². The van der Waals surface area contributed by atoms with Crippen molar-refractivity contribution in [2.24, 2.45) is 0 Å². The third-order valence-corrected chi connectivity index (χ3v) is 5.32. The van der Waals surface area contributed by atoms with Crippen molar-refractivity contribution in [3.05, 3.63) is 34.5 Å². The summed E-state index contributed by atoms with van der Waals surface area (Å²) in [5, 5.41) is 0.547. The molecule has 0 saturated carbocycles. The normalized spacial score (nSPS) is 16.4. The molecule has 144 valence electrons. The third-order valence-electron chi connectivity index (χ3n) is 5.00. The van der Waals surface area contributed by atoms with E-state index in [1.807, 2.05) is 18.2 Å². The lowest BCUT2D eigenvalue weighted by molar-refractivity contribution is 0.122. The highest BCUT2D eigenvalue weighted by Gasteiger charge is 2.27. The van der Waals surface area contributed by atoms with Gasteiger partial charge >= 0.3 is 0 Å². The first-order valence-corrected chi connectivity index (χ1v) is 9.42. The topological polar surface area (TPSA) is 60.0 Å². The fourth-order valence-corrected chi connectivity index (χ4v) is 3.77. The van der Waals surface area contributed by atoms with Crippen LogP contribution in [0.1, 0.15) is 11.1 Å². The molecule has 0 bridgehead atoms. The summed E-state index contributed by atoms with van der Waals surface area (Å²) in [4.78, 5) is 13.7. The van der Waals surface area contributed by atoms with E-state index in [0.29, 0.717) is 30.9 Å². The fraction of sp³-hybridized carbons (Fsp3) is 0.474. The van der Waals surface area contributed by atoms with Gasteiger partial charge in [0.2, 0.25) is 5.95 Å². The van der Waals surface area contributed by atoms with Crippen molar-refractivity contribution in [2.75, 3.05) is 56.9 Å². The highest BCUT2D eigenvalue weighted by atomic mass is 35.5. The van der Waals surface area contributed by atoms with Gasteiger partial charge in [0.1, 0.15) is 22.5 Å². The molecular formula is C19H23ClN4O3. The molecule has 0 spiro atoms. The van der Waals surface area contributed by atoms with Crippen LogP contribution in [-0.4, -0.2) is 57.0 Å². The van der Waals surface area contributed by atoms with Crippen molar-refractivity contribution in [3.8, 4) is 11.5 Å². The van der Waals surface area contributed by atoms with Crippen LogP contribution in [0.5, 0.6) is 11.5 Å². The van der Waals surface area contributed by atoms with Gasteiger partial charge in [-0.25, -0.2) is 4.98 Å². The summed E-state index contributed by atoms with van der Waals surface area (Å²) in [6, 6.07) is 5.88. The minimum absolute atomic E-state index is 0.547. The molecule has 4 rings (SSSR count). The van der Waals surface area contributed by atoms with Crippen LogP contribution < -0.4 is 19.3 Å². The summed E-state index contributed by atoms with van der Waals surface area (Å²) in [5.41, 5.74) is 2.09. The number of hydrogen-bond acceptors (Lipinski definition) is 7. The number of benzene rings is 1. The van der Waals surface area contributed by atoms with Gasteiger partial charge in [0.05, 0.1) is 27.4 Å². The minimum atomic E-state index is 0.547. The van der Waals surface area contributed by atoms with Crippen LogP contribution in [-0.2, 0) is 17.7 Å². The fourth-order valence-electron chi connectivity index (χ4n) is 3.51. The predicted molar refractivity (Wildman–Crippen MR) is 104 cm³/mol. The molecule has 0 atom stereocenters. The van der Waals surface area contributed by atoms with Crippen LogP contribution in [0.3, 0.4) is 0 Å². The smallest absolute Gasteiger partial charge is 0.228 e. The summed E-state index contributed by atoms with van der Waals surface area (Å²) in [7, 11) is 3.32. The zero-order valence-corrected chi connectivity index (χ0v) is 16.3. The zero-order valence-electron chi connectivity index (χ0n) is 15.6. The second-order valence-electron chi connectivity index (χ2n) is 6.57. The third kappa shape index (κ3) is 3.61. The Morgan fingerprint density at radius 3 is 2.67 bits per heavy atom. The van der Waals surface area contributed by atoms with Crippen molar-refractivity contribution >= 4 is 23.4 Å². The SMILES string of the molecule is COc1ccc(CN2CCc3c(Cl)nc(N4CCOCC4)nc32)c(OC)c1. The van der Waals surface area contributed by atoms with Crippen LogP contribution in [0.4, 0.5) is 11.8 Å². The van der Waals surface area contributed by atoms with Gasteiger partial charge in [0.15, 0.2) is 0 Å². The standard InChI is InChI=1S/C19H23ClN4O3/c1-25-14-4-3-13(16(11-14)26-2)12-24-6-5-15-17(20)21-19(22-18(15)24)23-7-9-27-10-8-23/h3-4,11H,5-10,12H2,1-2H3. The molecule has 0 N–H and O–H groups in total. The Hall–Kier alpha value is -2.25. The first-order chi connectivity index (χ1) is 13.2. The summed E-state index contributed by atoms with van der Waals surface area (Å²) in [5.74, 6) is 3.17. The lowest BCUT2D eigenvalue weighted by atomic mass is 10.2. The average molecular weight is 391 g/mol. The number of ether oxygens (including phenoxy) is 3. The lowest BCUT2D eigenvalue weighted by Crippen LogP contribution is -2.37. The van der Waals surface area contributed by atoms with E-state index < -0.39 is 0 Å². The molecule has 0 radical (unpaired) electrons. The Labute approximate surface area is 163 Å². The molecule has 1 saturated heterocycles. The van der Waals surface area contributed by atoms with E-state index in [2.05, 4.69) is 14.8 Å². The monoisotopic (exact) mass is 390 g/mol. The van der Waals surface area contributed by atoms with Gasteiger partial charge in [-0.05, 0) is 18.6 Å².